The maximum absolute atomic E-state index is 12.6. The zero-order valence-electron chi connectivity index (χ0n) is 11.8. The first-order valence-corrected chi connectivity index (χ1v) is 7.35. The molecular weight excluding hydrogens is 327 g/mol. The van der Waals surface area contributed by atoms with E-state index in [2.05, 4.69) is 9.97 Å². The minimum absolute atomic E-state index is 0.362. The number of alkyl halides is 3. The highest BCUT2D eigenvalue weighted by Crippen LogP contribution is 2.32. The number of rotatable bonds is 2. The van der Waals surface area contributed by atoms with E-state index in [4.69, 9.17) is 0 Å². The fraction of sp³-hybridized carbons (Fsp3) is 0.133. The third-order valence-electron chi connectivity index (χ3n) is 3.26. The number of pyridine rings is 1. The molecule has 23 heavy (non-hydrogen) atoms. The van der Waals surface area contributed by atoms with Gasteiger partial charge in [-0.2, -0.15) is 18.2 Å². The predicted molar refractivity (Wildman–Crippen MR) is 83.2 cm³/mol. The molecule has 0 saturated carbocycles. The Balaban J connectivity index is 2.00. The first kappa shape index (κ1) is 15.4. The Labute approximate surface area is 132 Å². The maximum Gasteiger partial charge on any atom is 0.416 e. The standard InChI is InChI=1S/C15H10F3N3OS/c1-21(10-6-4-9(5-7-10)15(16,17)18)14-20-12(22)11-3-2-8-19-13(11)23-14/h2-8H,1H3. The molecule has 0 spiro atoms. The van der Waals surface area contributed by atoms with Gasteiger partial charge in [-0.25, -0.2) is 4.98 Å². The van der Waals surface area contributed by atoms with Crippen molar-refractivity contribution in [2.75, 3.05) is 11.9 Å². The fourth-order valence-electron chi connectivity index (χ4n) is 2.02. The molecule has 0 atom stereocenters. The second kappa shape index (κ2) is 5.62. The Hall–Kier alpha value is -2.48. The zero-order valence-corrected chi connectivity index (χ0v) is 12.6. The summed E-state index contributed by atoms with van der Waals surface area (Å²) in [7, 11) is 1.63. The lowest BCUT2D eigenvalue weighted by Gasteiger charge is -2.18. The van der Waals surface area contributed by atoms with Gasteiger partial charge in [0.15, 0.2) is 5.13 Å². The molecule has 3 aromatic rings. The number of nitrogens with zero attached hydrogens (tertiary/aromatic N) is 3. The van der Waals surface area contributed by atoms with Crippen molar-refractivity contribution in [1.29, 1.82) is 0 Å². The summed E-state index contributed by atoms with van der Waals surface area (Å²) >= 11 is 1.20. The van der Waals surface area contributed by atoms with Crippen molar-refractivity contribution < 1.29 is 13.2 Å². The quantitative estimate of drug-likeness (QED) is 0.713. The SMILES string of the molecule is CN(c1ccc(C(F)(F)F)cc1)c1nc(=O)c2cccnc2s1. The molecule has 0 amide bonds. The van der Waals surface area contributed by atoms with E-state index in [0.29, 0.717) is 21.0 Å². The van der Waals surface area contributed by atoms with Crippen LogP contribution in [-0.2, 0) is 6.18 Å². The summed E-state index contributed by atoms with van der Waals surface area (Å²) in [4.78, 5) is 22.2. The highest BCUT2D eigenvalue weighted by molar-refractivity contribution is 7.21. The van der Waals surface area contributed by atoms with Crippen molar-refractivity contribution in [1.82, 2.24) is 9.97 Å². The van der Waals surface area contributed by atoms with Crippen LogP contribution in [0.5, 0.6) is 0 Å². The summed E-state index contributed by atoms with van der Waals surface area (Å²) in [6.45, 7) is 0. The average molecular weight is 337 g/mol. The van der Waals surface area contributed by atoms with Gasteiger partial charge < -0.3 is 4.90 Å². The van der Waals surface area contributed by atoms with Gasteiger partial charge in [-0.15, -0.1) is 0 Å². The van der Waals surface area contributed by atoms with Crippen molar-refractivity contribution in [2.45, 2.75) is 6.18 Å². The van der Waals surface area contributed by atoms with Gasteiger partial charge >= 0.3 is 6.18 Å². The van der Waals surface area contributed by atoms with Gasteiger partial charge in [-0.1, -0.05) is 11.3 Å². The predicted octanol–water partition coefficient (Wildman–Crippen LogP) is 3.84. The van der Waals surface area contributed by atoms with Crippen LogP contribution < -0.4 is 10.5 Å². The van der Waals surface area contributed by atoms with Crippen LogP contribution in [0.15, 0.2) is 47.4 Å². The van der Waals surface area contributed by atoms with Crippen molar-refractivity contribution in [3.8, 4) is 0 Å². The van der Waals surface area contributed by atoms with Gasteiger partial charge in [-0.05, 0) is 36.4 Å². The van der Waals surface area contributed by atoms with Crippen LogP contribution in [0.3, 0.4) is 0 Å². The normalized spacial score (nSPS) is 11.7. The lowest BCUT2D eigenvalue weighted by molar-refractivity contribution is -0.137. The summed E-state index contributed by atoms with van der Waals surface area (Å²) < 4.78 is 37.8. The van der Waals surface area contributed by atoms with Crippen LogP contribution in [0, 0.1) is 0 Å². The molecule has 2 heterocycles. The van der Waals surface area contributed by atoms with E-state index in [1.54, 1.807) is 30.3 Å². The van der Waals surface area contributed by atoms with Crippen LogP contribution in [0.4, 0.5) is 24.0 Å². The van der Waals surface area contributed by atoms with Gasteiger partial charge in [0.1, 0.15) is 4.83 Å². The molecule has 118 valence electrons. The summed E-state index contributed by atoms with van der Waals surface area (Å²) in [6, 6.07) is 7.95. The molecule has 0 N–H and O–H groups in total. The lowest BCUT2D eigenvalue weighted by atomic mass is 10.2. The topological polar surface area (TPSA) is 46.1 Å². The smallest absolute Gasteiger partial charge is 0.321 e. The summed E-state index contributed by atoms with van der Waals surface area (Å²) in [6.07, 6.45) is -2.81. The molecule has 0 aliphatic carbocycles. The summed E-state index contributed by atoms with van der Waals surface area (Å²) in [5, 5.41) is 0.781. The van der Waals surface area contributed by atoms with E-state index in [0.717, 1.165) is 12.1 Å². The van der Waals surface area contributed by atoms with Crippen molar-refractivity contribution in [2.24, 2.45) is 0 Å². The van der Waals surface area contributed by atoms with E-state index < -0.39 is 17.3 Å². The second-order valence-corrected chi connectivity index (χ2v) is 5.72. The van der Waals surface area contributed by atoms with E-state index in [9.17, 15) is 18.0 Å². The zero-order chi connectivity index (χ0) is 16.6. The third-order valence-corrected chi connectivity index (χ3v) is 4.32. The summed E-state index contributed by atoms with van der Waals surface area (Å²) in [5.74, 6) is 0. The molecule has 0 fully saturated rings. The van der Waals surface area contributed by atoms with Crippen molar-refractivity contribution in [3.05, 3.63) is 58.5 Å². The Morgan fingerprint density at radius 2 is 1.83 bits per heavy atom. The molecule has 0 aliphatic rings. The number of hydrogen-bond donors (Lipinski definition) is 0. The third kappa shape index (κ3) is 3.02. The largest absolute Gasteiger partial charge is 0.416 e. The minimum Gasteiger partial charge on any atom is -0.321 e. The molecule has 4 nitrogen and oxygen atoms in total. The van der Waals surface area contributed by atoms with Gasteiger partial charge in [0, 0.05) is 18.9 Å². The molecule has 0 bridgehead atoms. The van der Waals surface area contributed by atoms with E-state index in [-0.39, 0.29) is 0 Å². The van der Waals surface area contributed by atoms with E-state index >= 15 is 0 Å². The van der Waals surface area contributed by atoms with Crippen molar-refractivity contribution >= 4 is 32.4 Å². The molecule has 1 aromatic carbocycles. The molecule has 2 aromatic heterocycles. The molecule has 0 aliphatic heterocycles. The van der Waals surface area contributed by atoms with Crippen LogP contribution in [-0.4, -0.2) is 17.0 Å². The number of anilines is 2. The first-order chi connectivity index (χ1) is 10.9. The Kier molecular flexibility index (Phi) is 3.77. The van der Waals surface area contributed by atoms with Crippen LogP contribution in [0.2, 0.25) is 0 Å². The Morgan fingerprint density at radius 1 is 1.13 bits per heavy atom. The fourth-order valence-corrected chi connectivity index (χ4v) is 2.94. The second-order valence-electron chi connectivity index (χ2n) is 4.76. The molecule has 8 heteroatoms. The average Bonchev–Trinajstić information content (AvgIpc) is 2.53. The lowest BCUT2D eigenvalue weighted by Crippen LogP contribution is -2.16. The Morgan fingerprint density at radius 3 is 2.48 bits per heavy atom. The monoisotopic (exact) mass is 337 g/mol. The number of hydrogen-bond acceptors (Lipinski definition) is 5. The first-order valence-electron chi connectivity index (χ1n) is 6.53. The van der Waals surface area contributed by atoms with Gasteiger partial charge in [0.05, 0.1) is 10.9 Å². The molecule has 3 rings (SSSR count). The number of fused-ring (bicyclic) bond motifs is 1. The summed E-state index contributed by atoms with van der Waals surface area (Å²) in [5.41, 5.74) is -0.645. The van der Waals surface area contributed by atoms with E-state index in [1.807, 2.05) is 0 Å². The highest BCUT2D eigenvalue weighted by atomic mass is 32.1. The molecule has 0 radical (unpaired) electrons. The van der Waals surface area contributed by atoms with Crippen molar-refractivity contribution in [3.63, 3.8) is 0 Å². The van der Waals surface area contributed by atoms with Gasteiger partial charge in [0.25, 0.3) is 5.56 Å². The van der Waals surface area contributed by atoms with Crippen LogP contribution in [0.25, 0.3) is 10.2 Å². The van der Waals surface area contributed by atoms with Gasteiger partial charge in [-0.3, -0.25) is 4.79 Å². The minimum atomic E-state index is -4.38. The van der Waals surface area contributed by atoms with Gasteiger partial charge in [0.2, 0.25) is 0 Å². The highest BCUT2D eigenvalue weighted by Gasteiger charge is 2.30. The number of benzene rings is 1. The molecule has 0 unspecified atom stereocenters. The molecular formula is C15H10F3N3OS. The van der Waals surface area contributed by atoms with E-state index in [1.165, 1.54) is 23.5 Å². The van der Waals surface area contributed by atoms with Crippen LogP contribution in [0.1, 0.15) is 5.56 Å². The number of aromatic nitrogens is 2. The number of halogens is 3. The van der Waals surface area contributed by atoms with Crippen LogP contribution >= 0.6 is 11.3 Å². The maximum atomic E-state index is 12.6. The molecule has 0 saturated heterocycles. The Bertz CT molecular complexity index is 906.